The number of aromatic nitrogens is 2. The minimum Gasteiger partial charge on any atom is -0.383 e. The van der Waals surface area contributed by atoms with Gasteiger partial charge in [-0.05, 0) is 63.0 Å². The lowest BCUT2D eigenvalue weighted by Crippen LogP contribution is -2.42. The average Bonchev–Trinajstić information content (AvgIpc) is 3.53. The molecule has 4 rings (SSSR count). The lowest BCUT2D eigenvalue weighted by Gasteiger charge is -2.31. The largest absolute Gasteiger partial charge is 0.383 e. The third-order valence-electron chi connectivity index (χ3n) is 6.82. The first-order chi connectivity index (χ1) is 15.8. The highest BCUT2D eigenvalue weighted by atomic mass is 35.5. The molecule has 3 N–H and O–H groups in total. The fourth-order valence-corrected chi connectivity index (χ4v) is 4.68. The lowest BCUT2D eigenvalue weighted by atomic mass is 9.90. The number of hydrogen-bond donors (Lipinski definition) is 3. The van der Waals surface area contributed by atoms with Gasteiger partial charge in [0.15, 0.2) is 0 Å². The number of halogens is 2. The summed E-state index contributed by atoms with van der Waals surface area (Å²) in [7, 11) is 1.73. The number of methoxy groups -OCH3 is 1. The van der Waals surface area contributed by atoms with Crippen LogP contribution in [0.5, 0.6) is 0 Å². The van der Waals surface area contributed by atoms with Crippen molar-refractivity contribution in [2.75, 3.05) is 30.9 Å². The summed E-state index contributed by atoms with van der Waals surface area (Å²) in [6.07, 6.45) is 9.66. The summed E-state index contributed by atoms with van der Waals surface area (Å²) in [6.45, 7) is 6.00. The van der Waals surface area contributed by atoms with Gasteiger partial charge in [0, 0.05) is 42.9 Å². The van der Waals surface area contributed by atoms with Crippen molar-refractivity contribution >= 4 is 23.1 Å². The summed E-state index contributed by atoms with van der Waals surface area (Å²) < 4.78 is 20.0. The van der Waals surface area contributed by atoms with Crippen molar-refractivity contribution in [1.29, 1.82) is 0 Å². The molecule has 0 radical (unpaired) electrons. The van der Waals surface area contributed by atoms with Gasteiger partial charge < -0.3 is 20.7 Å². The van der Waals surface area contributed by atoms with E-state index in [0.717, 1.165) is 37.9 Å². The highest BCUT2D eigenvalue weighted by Crippen LogP contribution is 2.45. The Morgan fingerprint density at radius 2 is 1.85 bits per heavy atom. The van der Waals surface area contributed by atoms with Crippen LogP contribution >= 0.6 is 11.6 Å². The molecular formula is C25H35ClFN5O. The Bertz CT molecular complexity index is 946. The normalized spacial score (nSPS) is 22.6. The standard InChI is InChI=1S/C25H35ClFN5O/c1-16(14-33-3)31-17-4-6-18(7-5-17)32-23-11-20(22(27)13-28-23)21-10-19(12-29-24(21)26)30-15-25(2)8-9-25/h10-13,16-18,30-31H,4-9,14-15H2,1-3H3,(H,28,32)/t16-,17?,18?/m0/s1. The molecule has 0 bridgehead atoms. The van der Waals surface area contributed by atoms with Crippen molar-refractivity contribution in [3.8, 4) is 11.1 Å². The number of pyridine rings is 2. The molecular weight excluding hydrogens is 441 g/mol. The van der Waals surface area contributed by atoms with Crippen molar-refractivity contribution in [2.24, 2.45) is 5.41 Å². The average molecular weight is 476 g/mol. The van der Waals surface area contributed by atoms with Crippen molar-refractivity contribution in [3.05, 3.63) is 35.5 Å². The van der Waals surface area contributed by atoms with Crippen LogP contribution in [0, 0.1) is 11.2 Å². The van der Waals surface area contributed by atoms with Crippen LogP contribution in [0.25, 0.3) is 11.1 Å². The molecule has 180 valence electrons. The Kier molecular flexibility index (Phi) is 7.72. The third kappa shape index (κ3) is 6.55. The SMILES string of the molecule is COC[C@H](C)NC1CCC(Nc2cc(-c3cc(NCC4(C)CC4)cnc3Cl)c(F)cn2)CC1. The van der Waals surface area contributed by atoms with Gasteiger partial charge in [-0.2, -0.15) is 0 Å². The maximum Gasteiger partial charge on any atom is 0.149 e. The zero-order valence-corrected chi connectivity index (χ0v) is 20.5. The van der Waals surface area contributed by atoms with Crippen molar-refractivity contribution in [3.63, 3.8) is 0 Å². The first-order valence-electron chi connectivity index (χ1n) is 11.9. The minimum atomic E-state index is -0.407. The summed E-state index contributed by atoms with van der Waals surface area (Å²) >= 11 is 6.37. The molecule has 2 aliphatic rings. The van der Waals surface area contributed by atoms with Crippen LogP contribution in [-0.4, -0.2) is 48.4 Å². The van der Waals surface area contributed by atoms with Crippen LogP contribution in [0.2, 0.25) is 5.15 Å². The molecule has 2 aromatic rings. The molecule has 0 aromatic carbocycles. The van der Waals surface area contributed by atoms with Crippen molar-refractivity contribution < 1.29 is 9.13 Å². The third-order valence-corrected chi connectivity index (χ3v) is 7.12. The molecule has 2 heterocycles. The van der Waals surface area contributed by atoms with E-state index in [1.165, 1.54) is 19.0 Å². The molecule has 33 heavy (non-hydrogen) atoms. The minimum absolute atomic E-state index is 0.283. The molecule has 2 aromatic heterocycles. The number of hydrogen-bond acceptors (Lipinski definition) is 6. The van der Waals surface area contributed by atoms with Gasteiger partial charge in [-0.25, -0.2) is 14.4 Å². The first kappa shape index (κ1) is 24.2. The Hall–Kier alpha value is -1.96. The molecule has 0 unspecified atom stereocenters. The lowest BCUT2D eigenvalue weighted by molar-refractivity contribution is 0.161. The Morgan fingerprint density at radius 1 is 1.12 bits per heavy atom. The summed E-state index contributed by atoms with van der Waals surface area (Å²) in [5.74, 6) is 0.256. The van der Waals surface area contributed by atoms with E-state index in [4.69, 9.17) is 16.3 Å². The topological polar surface area (TPSA) is 71.1 Å². The predicted molar refractivity (Wildman–Crippen MR) is 132 cm³/mol. The van der Waals surface area contributed by atoms with E-state index in [0.29, 0.717) is 47.1 Å². The van der Waals surface area contributed by atoms with Crippen LogP contribution < -0.4 is 16.0 Å². The highest BCUT2D eigenvalue weighted by Gasteiger charge is 2.36. The molecule has 0 saturated heterocycles. The van der Waals surface area contributed by atoms with E-state index in [-0.39, 0.29) is 5.15 Å². The summed E-state index contributed by atoms with van der Waals surface area (Å²) in [6, 6.07) is 4.79. The zero-order chi connectivity index (χ0) is 23.4. The molecule has 2 aliphatic carbocycles. The fourth-order valence-electron chi connectivity index (χ4n) is 4.48. The molecule has 0 spiro atoms. The van der Waals surface area contributed by atoms with E-state index in [1.54, 1.807) is 19.4 Å². The second-order valence-corrected chi connectivity index (χ2v) is 10.3. The van der Waals surface area contributed by atoms with Crippen LogP contribution in [0.4, 0.5) is 15.9 Å². The Morgan fingerprint density at radius 3 is 2.55 bits per heavy atom. The zero-order valence-electron chi connectivity index (χ0n) is 19.8. The van der Waals surface area contributed by atoms with Crippen LogP contribution in [0.3, 0.4) is 0 Å². The van der Waals surface area contributed by atoms with Crippen LogP contribution in [0.1, 0.15) is 52.4 Å². The second kappa shape index (κ2) is 10.5. The number of nitrogens with one attached hydrogen (secondary N) is 3. The molecule has 0 aliphatic heterocycles. The smallest absolute Gasteiger partial charge is 0.149 e. The summed E-state index contributed by atoms with van der Waals surface area (Å²) in [4.78, 5) is 8.57. The van der Waals surface area contributed by atoms with Gasteiger partial charge in [-0.3, -0.25) is 0 Å². The summed E-state index contributed by atoms with van der Waals surface area (Å²) in [5, 5.41) is 10.8. The first-order valence-corrected chi connectivity index (χ1v) is 12.3. The van der Waals surface area contributed by atoms with Gasteiger partial charge in [0.05, 0.1) is 24.7 Å². The van der Waals surface area contributed by atoms with E-state index >= 15 is 0 Å². The van der Waals surface area contributed by atoms with Crippen LogP contribution in [-0.2, 0) is 4.74 Å². The van der Waals surface area contributed by atoms with Crippen molar-refractivity contribution in [1.82, 2.24) is 15.3 Å². The van der Waals surface area contributed by atoms with E-state index in [2.05, 4.69) is 39.8 Å². The second-order valence-electron chi connectivity index (χ2n) is 9.99. The quantitative estimate of drug-likeness (QED) is 0.394. The van der Waals surface area contributed by atoms with Gasteiger partial charge in [-0.15, -0.1) is 0 Å². The molecule has 2 fully saturated rings. The van der Waals surface area contributed by atoms with Gasteiger partial charge in [0.25, 0.3) is 0 Å². The maximum atomic E-state index is 14.8. The van der Waals surface area contributed by atoms with Crippen LogP contribution in [0.15, 0.2) is 24.5 Å². The number of anilines is 2. The Balaban J connectivity index is 1.40. The predicted octanol–water partition coefficient (Wildman–Crippen LogP) is 5.50. The van der Waals surface area contributed by atoms with Gasteiger partial charge in [0.2, 0.25) is 0 Å². The highest BCUT2D eigenvalue weighted by molar-refractivity contribution is 6.32. The fraction of sp³-hybridized carbons (Fsp3) is 0.600. The Labute approximate surface area is 201 Å². The van der Waals surface area contributed by atoms with Gasteiger partial charge >= 0.3 is 0 Å². The molecule has 1 atom stereocenters. The van der Waals surface area contributed by atoms with E-state index in [1.807, 2.05) is 6.07 Å². The molecule has 2 saturated carbocycles. The molecule has 8 heteroatoms. The van der Waals surface area contributed by atoms with Gasteiger partial charge in [-0.1, -0.05) is 18.5 Å². The maximum absolute atomic E-state index is 14.8. The summed E-state index contributed by atoms with van der Waals surface area (Å²) in [5.41, 5.74) is 2.19. The van der Waals surface area contributed by atoms with Crippen molar-refractivity contribution in [2.45, 2.75) is 70.5 Å². The van der Waals surface area contributed by atoms with Gasteiger partial charge in [0.1, 0.15) is 16.8 Å². The number of nitrogens with zero attached hydrogens (tertiary/aromatic N) is 2. The number of rotatable bonds is 10. The monoisotopic (exact) mass is 475 g/mol. The van der Waals surface area contributed by atoms with E-state index in [9.17, 15) is 4.39 Å². The number of ether oxygens (including phenoxy) is 1. The van der Waals surface area contributed by atoms with E-state index < -0.39 is 5.82 Å². The molecule has 6 nitrogen and oxygen atoms in total. The molecule has 0 amide bonds.